The Bertz CT molecular complexity index is 683. The van der Waals surface area contributed by atoms with Gasteiger partial charge in [-0.15, -0.1) is 0 Å². The molecule has 3 rings (SSSR count). The zero-order chi connectivity index (χ0) is 13.4. The van der Waals surface area contributed by atoms with Gasteiger partial charge in [-0.3, -0.25) is 4.79 Å². The van der Waals surface area contributed by atoms with Crippen molar-refractivity contribution in [3.63, 3.8) is 0 Å². The van der Waals surface area contributed by atoms with Gasteiger partial charge in [-0.05, 0) is 31.0 Å². The highest BCUT2D eigenvalue weighted by Crippen LogP contribution is 2.38. The molecule has 1 aliphatic rings. The first kappa shape index (κ1) is 12.7. The van der Waals surface area contributed by atoms with Crippen LogP contribution in [0.3, 0.4) is 0 Å². The molecule has 0 saturated heterocycles. The normalized spacial score (nSPS) is 14.4. The second-order valence-electron chi connectivity index (χ2n) is 4.42. The minimum Gasteiger partial charge on any atom is -0.437 e. The molecule has 1 aliphatic carbocycles. The molecule has 1 aromatic carbocycles. The first-order chi connectivity index (χ1) is 9.11. The van der Waals surface area contributed by atoms with Crippen LogP contribution < -0.4 is 10.3 Å². The summed E-state index contributed by atoms with van der Waals surface area (Å²) >= 11 is 9.39. The van der Waals surface area contributed by atoms with E-state index >= 15 is 0 Å². The van der Waals surface area contributed by atoms with Gasteiger partial charge in [0.2, 0.25) is 5.88 Å². The SMILES string of the molecule is O=c1cc(Oc2cc(Br)ccc2Cl)nc(C2CC2)[nH]1. The summed E-state index contributed by atoms with van der Waals surface area (Å²) in [5.74, 6) is 1.78. The minimum atomic E-state index is -0.210. The molecule has 0 atom stereocenters. The van der Waals surface area contributed by atoms with E-state index in [2.05, 4.69) is 25.9 Å². The Hall–Kier alpha value is -1.33. The molecule has 0 amide bonds. The Morgan fingerprint density at radius 1 is 1.37 bits per heavy atom. The molecule has 1 fully saturated rings. The molecule has 98 valence electrons. The highest BCUT2D eigenvalue weighted by atomic mass is 79.9. The number of ether oxygens (including phenoxy) is 1. The number of halogens is 2. The number of hydrogen-bond acceptors (Lipinski definition) is 3. The van der Waals surface area contributed by atoms with Gasteiger partial charge < -0.3 is 9.72 Å². The zero-order valence-corrected chi connectivity index (χ0v) is 12.2. The van der Waals surface area contributed by atoms with E-state index in [0.717, 1.165) is 17.3 Å². The van der Waals surface area contributed by atoms with Gasteiger partial charge in [-0.2, -0.15) is 4.98 Å². The minimum absolute atomic E-state index is 0.210. The van der Waals surface area contributed by atoms with E-state index < -0.39 is 0 Å². The molecule has 0 bridgehead atoms. The first-order valence-corrected chi connectivity index (χ1v) is 7.03. The molecule has 0 radical (unpaired) electrons. The third-order valence-electron chi connectivity index (χ3n) is 2.81. The van der Waals surface area contributed by atoms with Crippen LogP contribution in [0.2, 0.25) is 5.02 Å². The number of aromatic nitrogens is 2. The van der Waals surface area contributed by atoms with Gasteiger partial charge in [0.15, 0.2) is 0 Å². The van der Waals surface area contributed by atoms with E-state index in [0.29, 0.717) is 22.5 Å². The fourth-order valence-corrected chi connectivity index (χ4v) is 2.22. The van der Waals surface area contributed by atoms with Crippen molar-refractivity contribution in [3.05, 3.63) is 49.9 Å². The van der Waals surface area contributed by atoms with Crippen molar-refractivity contribution < 1.29 is 4.74 Å². The molecule has 0 spiro atoms. The lowest BCUT2D eigenvalue weighted by Gasteiger charge is -2.08. The highest BCUT2D eigenvalue weighted by molar-refractivity contribution is 9.10. The van der Waals surface area contributed by atoms with Crippen LogP contribution in [0, 0.1) is 0 Å². The topological polar surface area (TPSA) is 55.0 Å². The van der Waals surface area contributed by atoms with Crippen molar-refractivity contribution in [1.29, 1.82) is 0 Å². The van der Waals surface area contributed by atoms with Gasteiger partial charge >= 0.3 is 0 Å². The molecule has 0 aliphatic heterocycles. The number of H-pyrrole nitrogens is 1. The Morgan fingerprint density at radius 2 is 2.16 bits per heavy atom. The Morgan fingerprint density at radius 3 is 2.89 bits per heavy atom. The van der Waals surface area contributed by atoms with Crippen LogP contribution in [-0.2, 0) is 0 Å². The average molecular weight is 342 g/mol. The fourth-order valence-electron chi connectivity index (χ4n) is 1.72. The summed E-state index contributed by atoms with van der Waals surface area (Å²) in [7, 11) is 0. The lowest BCUT2D eigenvalue weighted by atomic mass is 10.3. The number of benzene rings is 1. The third kappa shape index (κ3) is 2.98. The van der Waals surface area contributed by atoms with Crippen LogP contribution in [0.25, 0.3) is 0 Å². The summed E-state index contributed by atoms with van der Waals surface area (Å²) in [6.45, 7) is 0. The molecule has 1 aromatic heterocycles. The van der Waals surface area contributed by atoms with Crippen LogP contribution >= 0.6 is 27.5 Å². The summed E-state index contributed by atoms with van der Waals surface area (Å²) in [6, 6.07) is 6.59. The monoisotopic (exact) mass is 340 g/mol. The maximum absolute atomic E-state index is 11.6. The van der Waals surface area contributed by atoms with Gasteiger partial charge in [0.05, 0.1) is 11.1 Å². The second kappa shape index (κ2) is 4.98. The number of nitrogens with one attached hydrogen (secondary N) is 1. The van der Waals surface area contributed by atoms with Crippen LogP contribution in [0.4, 0.5) is 0 Å². The standard InChI is InChI=1S/C13H10BrClN2O2/c14-8-3-4-9(15)10(5-8)19-12-6-11(18)16-13(17-12)7-1-2-7/h3-7H,1-2H2,(H,16,17,18). The molecule has 4 nitrogen and oxygen atoms in total. The van der Waals surface area contributed by atoms with Gasteiger partial charge in [-0.1, -0.05) is 27.5 Å². The number of hydrogen-bond donors (Lipinski definition) is 1. The molecule has 19 heavy (non-hydrogen) atoms. The molecule has 2 aromatic rings. The first-order valence-electron chi connectivity index (χ1n) is 5.86. The lowest BCUT2D eigenvalue weighted by Crippen LogP contribution is -2.10. The summed E-state index contributed by atoms with van der Waals surface area (Å²) < 4.78 is 6.44. The van der Waals surface area contributed by atoms with Crippen LogP contribution in [0.15, 0.2) is 33.5 Å². The van der Waals surface area contributed by atoms with E-state index in [1.165, 1.54) is 6.07 Å². The van der Waals surface area contributed by atoms with Crippen molar-refractivity contribution in [3.8, 4) is 11.6 Å². The Balaban J connectivity index is 1.94. The quantitative estimate of drug-likeness (QED) is 0.922. The molecule has 1 saturated carbocycles. The van der Waals surface area contributed by atoms with Crippen LogP contribution in [0.1, 0.15) is 24.6 Å². The largest absolute Gasteiger partial charge is 0.437 e. The second-order valence-corrected chi connectivity index (χ2v) is 5.74. The summed E-state index contributed by atoms with van der Waals surface area (Å²) in [5.41, 5.74) is -0.210. The van der Waals surface area contributed by atoms with Gasteiger partial charge in [-0.25, -0.2) is 0 Å². The molecule has 6 heteroatoms. The van der Waals surface area contributed by atoms with E-state index in [-0.39, 0.29) is 11.4 Å². The average Bonchev–Trinajstić information content (AvgIpc) is 3.17. The number of aromatic amines is 1. The van der Waals surface area contributed by atoms with Crippen LogP contribution in [0.5, 0.6) is 11.6 Å². The fraction of sp³-hybridized carbons (Fsp3) is 0.231. The van der Waals surface area contributed by atoms with Crippen LogP contribution in [-0.4, -0.2) is 9.97 Å². The van der Waals surface area contributed by atoms with Crippen molar-refractivity contribution in [2.45, 2.75) is 18.8 Å². The Labute approximate surface area is 122 Å². The zero-order valence-electron chi connectivity index (χ0n) is 9.82. The van der Waals surface area contributed by atoms with E-state index in [9.17, 15) is 4.79 Å². The van der Waals surface area contributed by atoms with E-state index in [1.807, 2.05) is 6.07 Å². The predicted octanol–water partition coefficient (Wildman–Crippen LogP) is 3.86. The third-order valence-corrected chi connectivity index (χ3v) is 3.61. The maximum atomic E-state index is 11.6. The molecule has 1 heterocycles. The van der Waals surface area contributed by atoms with Gasteiger partial charge in [0, 0.05) is 10.4 Å². The lowest BCUT2D eigenvalue weighted by molar-refractivity contribution is 0.457. The maximum Gasteiger partial charge on any atom is 0.254 e. The van der Waals surface area contributed by atoms with Crippen molar-refractivity contribution in [1.82, 2.24) is 9.97 Å². The predicted molar refractivity (Wildman–Crippen MR) is 76.1 cm³/mol. The van der Waals surface area contributed by atoms with Crippen molar-refractivity contribution in [2.75, 3.05) is 0 Å². The van der Waals surface area contributed by atoms with Crippen molar-refractivity contribution in [2.24, 2.45) is 0 Å². The number of nitrogens with zero attached hydrogens (tertiary/aromatic N) is 1. The summed E-state index contributed by atoms with van der Waals surface area (Å²) in [5, 5.41) is 0.471. The van der Waals surface area contributed by atoms with E-state index in [4.69, 9.17) is 16.3 Å². The summed E-state index contributed by atoms with van der Waals surface area (Å²) in [6.07, 6.45) is 2.12. The smallest absolute Gasteiger partial charge is 0.254 e. The molecular formula is C13H10BrClN2O2. The Kier molecular flexibility index (Phi) is 3.33. The summed E-state index contributed by atoms with van der Waals surface area (Å²) in [4.78, 5) is 18.6. The van der Waals surface area contributed by atoms with Gasteiger partial charge in [0.25, 0.3) is 5.56 Å². The number of rotatable bonds is 3. The van der Waals surface area contributed by atoms with Crippen molar-refractivity contribution >= 4 is 27.5 Å². The molecule has 0 unspecified atom stereocenters. The molecule has 1 N–H and O–H groups in total. The van der Waals surface area contributed by atoms with Gasteiger partial charge in [0.1, 0.15) is 11.6 Å². The highest BCUT2D eigenvalue weighted by Gasteiger charge is 2.26. The van der Waals surface area contributed by atoms with E-state index in [1.54, 1.807) is 12.1 Å². The molecular weight excluding hydrogens is 332 g/mol.